The molecule has 3 heterocycles. The van der Waals surface area contributed by atoms with Crippen molar-refractivity contribution in [1.29, 1.82) is 0 Å². The van der Waals surface area contributed by atoms with Gasteiger partial charge >= 0.3 is 0 Å². The normalized spacial score (nSPS) is 27.0. The molecular formula is C18H20ClN3O2. The largest absolute Gasteiger partial charge is 0.371 e. The number of morpholine rings is 1. The number of aromatic amines is 1. The summed E-state index contributed by atoms with van der Waals surface area (Å²) in [6.45, 7) is 2.41. The average Bonchev–Trinajstić information content (AvgIpc) is 3.24. The lowest BCUT2D eigenvalue weighted by Gasteiger charge is -2.35. The van der Waals surface area contributed by atoms with Crippen LogP contribution in [0.15, 0.2) is 42.6 Å². The molecule has 2 aromatic rings. The maximum atomic E-state index is 12.2. The quantitative estimate of drug-likeness (QED) is 0.899. The molecule has 2 aliphatic heterocycles. The summed E-state index contributed by atoms with van der Waals surface area (Å²) < 4.78 is 6.04. The van der Waals surface area contributed by atoms with E-state index < -0.39 is 0 Å². The zero-order valence-electron chi connectivity index (χ0n) is 13.2. The summed E-state index contributed by atoms with van der Waals surface area (Å²) in [4.78, 5) is 17.5. The zero-order valence-corrected chi connectivity index (χ0v) is 14.0. The number of H-pyrrole nitrogens is 1. The fourth-order valence-corrected chi connectivity index (χ4v) is 3.72. The maximum absolute atomic E-state index is 12.2. The number of aromatic nitrogens is 1. The molecule has 5 nitrogen and oxygen atoms in total. The third kappa shape index (κ3) is 3.20. The molecule has 126 valence electrons. The number of hydrogen-bond donors (Lipinski definition) is 2. The first-order chi connectivity index (χ1) is 11.7. The highest BCUT2D eigenvalue weighted by molar-refractivity contribution is 6.30. The summed E-state index contributed by atoms with van der Waals surface area (Å²) >= 11 is 5.96. The third-order valence-corrected chi connectivity index (χ3v) is 5.09. The van der Waals surface area contributed by atoms with Crippen LogP contribution in [0, 0.1) is 0 Å². The summed E-state index contributed by atoms with van der Waals surface area (Å²) in [6, 6.07) is 12.0. The second-order valence-electron chi connectivity index (χ2n) is 6.47. The van der Waals surface area contributed by atoms with Gasteiger partial charge in [0.25, 0.3) is 5.91 Å². The molecule has 2 fully saturated rings. The van der Waals surface area contributed by atoms with E-state index in [2.05, 4.69) is 15.2 Å². The van der Waals surface area contributed by atoms with Crippen LogP contribution in [-0.2, 0) is 4.74 Å². The van der Waals surface area contributed by atoms with Crippen LogP contribution in [0.5, 0.6) is 0 Å². The minimum Gasteiger partial charge on any atom is -0.371 e. The number of hydrogen-bond acceptors (Lipinski definition) is 3. The number of ether oxygens (including phenoxy) is 1. The summed E-state index contributed by atoms with van der Waals surface area (Å²) in [7, 11) is 0. The van der Waals surface area contributed by atoms with Gasteiger partial charge in [0.1, 0.15) is 5.69 Å². The Hall–Kier alpha value is -1.82. The lowest BCUT2D eigenvalue weighted by Crippen LogP contribution is -2.43. The second-order valence-corrected chi connectivity index (χ2v) is 6.91. The summed E-state index contributed by atoms with van der Waals surface area (Å²) in [5.74, 6) is -0.0417. The molecule has 2 aliphatic rings. The molecule has 1 aromatic carbocycles. The molecule has 4 rings (SSSR count). The highest BCUT2D eigenvalue weighted by atomic mass is 35.5. The van der Waals surface area contributed by atoms with Gasteiger partial charge in [-0.2, -0.15) is 0 Å². The van der Waals surface area contributed by atoms with E-state index in [4.69, 9.17) is 16.3 Å². The van der Waals surface area contributed by atoms with E-state index in [1.807, 2.05) is 30.3 Å². The Morgan fingerprint density at radius 3 is 2.83 bits per heavy atom. The zero-order chi connectivity index (χ0) is 16.5. The molecule has 0 radical (unpaired) electrons. The minimum atomic E-state index is -0.0417. The molecule has 24 heavy (non-hydrogen) atoms. The first kappa shape index (κ1) is 15.7. The predicted octanol–water partition coefficient (Wildman–Crippen LogP) is 2.61. The van der Waals surface area contributed by atoms with Crippen LogP contribution >= 0.6 is 11.6 Å². The van der Waals surface area contributed by atoms with E-state index in [-0.39, 0.29) is 18.1 Å². The molecule has 6 heteroatoms. The van der Waals surface area contributed by atoms with Gasteiger partial charge < -0.3 is 15.0 Å². The van der Waals surface area contributed by atoms with Gasteiger partial charge in [-0.15, -0.1) is 0 Å². The van der Waals surface area contributed by atoms with Crippen molar-refractivity contribution in [1.82, 2.24) is 15.2 Å². The Bertz CT molecular complexity index is 702. The standard InChI is InChI=1S/C18H20ClN3O2/c19-13-5-3-12(4-6-13)17-10-22-9-14(8-15(22)11-24-17)21-18(23)16-2-1-7-20-16/h1-7,14-15,17,20H,8-11H2,(H,21,23)/t14-,15+,17-/m1/s1. The van der Waals surface area contributed by atoms with E-state index in [9.17, 15) is 4.79 Å². The lowest BCUT2D eigenvalue weighted by molar-refractivity contribution is -0.0502. The number of nitrogens with one attached hydrogen (secondary N) is 2. The molecule has 0 aliphatic carbocycles. The first-order valence-electron chi connectivity index (χ1n) is 8.24. The molecule has 0 bridgehead atoms. The molecule has 1 aromatic heterocycles. The summed E-state index contributed by atoms with van der Waals surface area (Å²) in [6.07, 6.45) is 2.76. The Balaban J connectivity index is 1.37. The fraction of sp³-hybridized carbons (Fsp3) is 0.389. The number of fused-ring (bicyclic) bond motifs is 1. The van der Waals surface area contributed by atoms with Gasteiger partial charge in [-0.25, -0.2) is 0 Å². The van der Waals surface area contributed by atoms with Crippen LogP contribution in [0.1, 0.15) is 28.6 Å². The van der Waals surface area contributed by atoms with Gasteiger partial charge in [0, 0.05) is 36.4 Å². The Morgan fingerprint density at radius 1 is 1.25 bits per heavy atom. The van der Waals surface area contributed by atoms with Crippen molar-refractivity contribution in [2.75, 3.05) is 19.7 Å². The average molecular weight is 346 g/mol. The van der Waals surface area contributed by atoms with Gasteiger partial charge in [-0.05, 0) is 36.2 Å². The smallest absolute Gasteiger partial charge is 0.267 e. The summed E-state index contributed by atoms with van der Waals surface area (Å²) in [5, 5.41) is 3.85. The maximum Gasteiger partial charge on any atom is 0.267 e. The van der Waals surface area contributed by atoms with Crippen molar-refractivity contribution in [3.05, 3.63) is 58.9 Å². The molecule has 1 amide bonds. The van der Waals surface area contributed by atoms with Crippen molar-refractivity contribution < 1.29 is 9.53 Å². The number of rotatable bonds is 3. The van der Waals surface area contributed by atoms with Gasteiger partial charge in [0.05, 0.1) is 12.7 Å². The van der Waals surface area contributed by atoms with Crippen LogP contribution in [-0.4, -0.2) is 47.6 Å². The van der Waals surface area contributed by atoms with Gasteiger partial charge in [-0.1, -0.05) is 23.7 Å². The van der Waals surface area contributed by atoms with E-state index in [0.717, 1.165) is 30.1 Å². The first-order valence-corrected chi connectivity index (χ1v) is 8.62. The number of benzene rings is 1. The molecule has 3 atom stereocenters. The van der Waals surface area contributed by atoms with Crippen LogP contribution < -0.4 is 5.32 Å². The molecule has 0 spiro atoms. The van der Waals surface area contributed by atoms with Crippen LogP contribution in [0.3, 0.4) is 0 Å². The van der Waals surface area contributed by atoms with Crippen molar-refractivity contribution >= 4 is 17.5 Å². The second kappa shape index (κ2) is 6.59. The van der Waals surface area contributed by atoms with E-state index in [1.165, 1.54) is 0 Å². The van der Waals surface area contributed by atoms with Crippen molar-refractivity contribution in [2.45, 2.75) is 24.6 Å². The summed E-state index contributed by atoms with van der Waals surface area (Å²) in [5.41, 5.74) is 1.76. The van der Waals surface area contributed by atoms with Crippen LogP contribution in [0.4, 0.5) is 0 Å². The van der Waals surface area contributed by atoms with Gasteiger partial charge in [-0.3, -0.25) is 9.69 Å². The fourth-order valence-electron chi connectivity index (χ4n) is 3.59. The Labute approximate surface area is 145 Å². The topological polar surface area (TPSA) is 57.4 Å². The molecular weight excluding hydrogens is 326 g/mol. The molecule has 0 saturated carbocycles. The Kier molecular flexibility index (Phi) is 4.31. The number of nitrogens with zero attached hydrogens (tertiary/aromatic N) is 1. The van der Waals surface area contributed by atoms with Crippen molar-refractivity contribution in [3.63, 3.8) is 0 Å². The van der Waals surface area contributed by atoms with Crippen molar-refractivity contribution in [3.8, 4) is 0 Å². The SMILES string of the molecule is O=C(N[C@@H]1C[C@H]2CO[C@@H](c3ccc(Cl)cc3)CN2C1)c1ccc[nH]1. The third-order valence-electron chi connectivity index (χ3n) is 4.84. The lowest BCUT2D eigenvalue weighted by atomic mass is 10.1. The van der Waals surface area contributed by atoms with E-state index in [1.54, 1.807) is 12.3 Å². The highest BCUT2D eigenvalue weighted by Crippen LogP contribution is 2.30. The van der Waals surface area contributed by atoms with Crippen LogP contribution in [0.2, 0.25) is 5.02 Å². The number of amides is 1. The Morgan fingerprint density at radius 2 is 2.08 bits per heavy atom. The molecule has 2 saturated heterocycles. The highest BCUT2D eigenvalue weighted by Gasteiger charge is 2.38. The number of carbonyl (C=O) groups excluding carboxylic acids is 1. The predicted molar refractivity (Wildman–Crippen MR) is 92.2 cm³/mol. The molecule has 2 N–H and O–H groups in total. The monoisotopic (exact) mass is 345 g/mol. The minimum absolute atomic E-state index is 0.0417. The van der Waals surface area contributed by atoms with Crippen LogP contribution in [0.25, 0.3) is 0 Å². The number of carbonyl (C=O) groups is 1. The number of halogens is 1. The van der Waals surface area contributed by atoms with Gasteiger partial charge in [0.15, 0.2) is 0 Å². The van der Waals surface area contributed by atoms with E-state index in [0.29, 0.717) is 18.3 Å². The van der Waals surface area contributed by atoms with Crippen molar-refractivity contribution in [2.24, 2.45) is 0 Å². The molecule has 0 unspecified atom stereocenters. The van der Waals surface area contributed by atoms with E-state index >= 15 is 0 Å². The van der Waals surface area contributed by atoms with Gasteiger partial charge in [0.2, 0.25) is 0 Å².